The van der Waals surface area contributed by atoms with Crippen LogP contribution in [0.3, 0.4) is 0 Å². The van der Waals surface area contributed by atoms with Crippen molar-refractivity contribution >= 4 is 11.6 Å². The van der Waals surface area contributed by atoms with E-state index in [2.05, 4.69) is 27.5 Å². The highest BCUT2D eigenvalue weighted by Crippen LogP contribution is 2.12. The summed E-state index contributed by atoms with van der Waals surface area (Å²) in [6.07, 6.45) is 0. The molecule has 1 rings (SSSR count). The van der Waals surface area contributed by atoms with Crippen LogP contribution >= 0.6 is 0 Å². The van der Waals surface area contributed by atoms with Crippen molar-refractivity contribution in [1.82, 2.24) is 9.97 Å². The van der Waals surface area contributed by atoms with Crippen molar-refractivity contribution in [1.29, 1.82) is 0 Å². The van der Waals surface area contributed by atoms with Crippen LogP contribution < -0.4 is 10.6 Å². The van der Waals surface area contributed by atoms with E-state index < -0.39 is 0 Å². The van der Waals surface area contributed by atoms with E-state index >= 15 is 0 Å². The molecule has 0 spiro atoms. The third-order valence-electron chi connectivity index (χ3n) is 2.65. The third kappa shape index (κ3) is 6.16. The maximum atomic E-state index is 5.37. The molecular formula is C14H26N4O2. The van der Waals surface area contributed by atoms with Gasteiger partial charge in [0.25, 0.3) is 0 Å². The van der Waals surface area contributed by atoms with Crippen molar-refractivity contribution in [2.45, 2.75) is 27.4 Å². The van der Waals surface area contributed by atoms with E-state index in [1.807, 2.05) is 19.9 Å². The van der Waals surface area contributed by atoms with E-state index in [0.29, 0.717) is 25.0 Å². The fourth-order valence-electron chi connectivity index (χ4n) is 1.74. The summed E-state index contributed by atoms with van der Waals surface area (Å²) in [7, 11) is 1.71. The summed E-state index contributed by atoms with van der Waals surface area (Å²) in [5, 5.41) is 6.52. The molecule has 20 heavy (non-hydrogen) atoms. The van der Waals surface area contributed by atoms with Gasteiger partial charge in [-0.05, 0) is 19.8 Å². The number of hydrogen-bond donors (Lipinski definition) is 2. The Labute approximate surface area is 121 Å². The molecule has 0 aromatic carbocycles. The first-order valence-electron chi connectivity index (χ1n) is 7.11. The standard InChI is InChI=1S/C14H26N4O2/c1-5-15-12-7-13(16-8-11(3)9-19-4)18-14(17-12)10-20-6-2/h7,11H,5-6,8-10H2,1-4H3,(H2,15,16,17,18). The van der Waals surface area contributed by atoms with Crippen LogP contribution in [0.4, 0.5) is 11.6 Å². The van der Waals surface area contributed by atoms with E-state index in [4.69, 9.17) is 9.47 Å². The molecule has 0 aliphatic heterocycles. The number of aromatic nitrogens is 2. The third-order valence-corrected chi connectivity index (χ3v) is 2.65. The number of nitrogens with zero attached hydrogens (tertiary/aromatic N) is 2. The van der Waals surface area contributed by atoms with Gasteiger partial charge in [-0.25, -0.2) is 9.97 Å². The lowest BCUT2D eigenvalue weighted by Crippen LogP contribution is -2.17. The molecule has 0 fully saturated rings. The second-order valence-electron chi connectivity index (χ2n) is 4.66. The molecule has 0 bridgehead atoms. The predicted molar refractivity (Wildman–Crippen MR) is 81.1 cm³/mol. The quantitative estimate of drug-likeness (QED) is 0.685. The van der Waals surface area contributed by atoms with Crippen LogP contribution in [-0.4, -0.2) is 43.4 Å². The molecule has 6 nitrogen and oxygen atoms in total. The number of rotatable bonds is 10. The molecule has 1 heterocycles. The van der Waals surface area contributed by atoms with E-state index in [0.717, 1.165) is 31.3 Å². The van der Waals surface area contributed by atoms with Gasteiger partial charge in [0.15, 0.2) is 5.82 Å². The molecule has 0 radical (unpaired) electrons. The van der Waals surface area contributed by atoms with Gasteiger partial charge in [0, 0.05) is 32.9 Å². The summed E-state index contributed by atoms with van der Waals surface area (Å²) in [6.45, 7) is 9.57. The molecule has 6 heteroatoms. The maximum Gasteiger partial charge on any atom is 0.158 e. The zero-order chi connectivity index (χ0) is 14.8. The van der Waals surface area contributed by atoms with Crippen LogP contribution in [0.2, 0.25) is 0 Å². The average molecular weight is 282 g/mol. The Bertz CT molecular complexity index is 387. The van der Waals surface area contributed by atoms with Crippen LogP contribution in [0.15, 0.2) is 6.07 Å². The van der Waals surface area contributed by atoms with Crippen molar-refractivity contribution in [3.63, 3.8) is 0 Å². The minimum Gasteiger partial charge on any atom is -0.384 e. The average Bonchev–Trinajstić information content (AvgIpc) is 2.43. The highest BCUT2D eigenvalue weighted by atomic mass is 16.5. The Hall–Kier alpha value is -1.40. The number of anilines is 2. The van der Waals surface area contributed by atoms with Gasteiger partial charge < -0.3 is 20.1 Å². The van der Waals surface area contributed by atoms with Crippen LogP contribution in [-0.2, 0) is 16.1 Å². The van der Waals surface area contributed by atoms with Crippen LogP contribution in [0.1, 0.15) is 26.6 Å². The van der Waals surface area contributed by atoms with Crippen molar-refractivity contribution in [2.75, 3.05) is 44.0 Å². The van der Waals surface area contributed by atoms with Gasteiger partial charge in [-0.1, -0.05) is 6.92 Å². The lowest BCUT2D eigenvalue weighted by molar-refractivity contribution is 0.128. The van der Waals surface area contributed by atoms with Gasteiger partial charge in [0.05, 0.1) is 6.61 Å². The first kappa shape index (κ1) is 16.7. The number of ether oxygens (including phenoxy) is 2. The van der Waals surface area contributed by atoms with Crippen LogP contribution in [0, 0.1) is 5.92 Å². The molecule has 0 saturated carbocycles. The summed E-state index contributed by atoms with van der Waals surface area (Å²) in [5.74, 6) is 2.74. The monoisotopic (exact) mass is 282 g/mol. The largest absolute Gasteiger partial charge is 0.384 e. The van der Waals surface area contributed by atoms with E-state index in [9.17, 15) is 0 Å². The summed E-state index contributed by atoms with van der Waals surface area (Å²) in [6, 6.07) is 1.92. The molecule has 0 aliphatic rings. The first-order valence-corrected chi connectivity index (χ1v) is 7.11. The Kier molecular flexibility index (Phi) is 7.91. The van der Waals surface area contributed by atoms with Gasteiger partial charge in [-0.3, -0.25) is 0 Å². The highest BCUT2D eigenvalue weighted by molar-refractivity contribution is 5.47. The number of nitrogens with one attached hydrogen (secondary N) is 2. The smallest absolute Gasteiger partial charge is 0.158 e. The molecule has 1 aromatic heterocycles. The van der Waals surface area contributed by atoms with Gasteiger partial charge >= 0.3 is 0 Å². The van der Waals surface area contributed by atoms with Gasteiger partial charge in [0.2, 0.25) is 0 Å². The van der Waals surface area contributed by atoms with Gasteiger partial charge in [-0.2, -0.15) is 0 Å². The fraction of sp³-hybridized carbons (Fsp3) is 0.714. The Morgan fingerprint density at radius 3 is 2.50 bits per heavy atom. The molecular weight excluding hydrogens is 256 g/mol. The SMILES string of the molecule is CCNc1cc(NCC(C)COC)nc(COCC)n1. The molecule has 0 saturated heterocycles. The summed E-state index contributed by atoms with van der Waals surface area (Å²) in [5.41, 5.74) is 0. The molecule has 0 aliphatic carbocycles. The maximum absolute atomic E-state index is 5.37. The summed E-state index contributed by atoms with van der Waals surface area (Å²) >= 11 is 0. The van der Waals surface area contributed by atoms with Gasteiger partial charge in [0.1, 0.15) is 18.2 Å². The fourth-order valence-corrected chi connectivity index (χ4v) is 1.74. The summed E-state index contributed by atoms with van der Waals surface area (Å²) in [4.78, 5) is 8.87. The molecule has 1 aromatic rings. The van der Waals surface area contributed by atoms with E-state index in [1.165, 1.54) is 0 Å². The van der Waals surface area contributed by atoms with E-state index in [1.54, 1.807) is 7.11 Å². The highest BCUT2D eigenvalue weighted by Gasteiger charge is 2.06. The Balaban J connectivity index is 2.69. The molecule has 2 N–H and O–H groups in total. The number of hydrogen-bond acceptors (Lipinski definition) is 6. The molecule has 1 atom stereocenters. The van der Waals surface area contributed by atoms with Gasteiger partial charge in [-0.15, -0.1) is 0 Å². The van der Waals surface area contributed by atoms with Crippen molar-refractivity contribution < 1.29 is 9.47 Å². The second-order valence-corrected chi connectivity index (χ2v) is 4.66. The Morgan fingerprint density at radius 1 is 1.20 bits per heavy atom. The lowest BCUT2D eigenvalue weighted by atomic mass is 10.2. The minimum absolute atomic E-state index is 0.424. The zero-order valence-corrected chi connectivity index (χ0v) is 12.9. The second kappa shape index (κ2) is 9.50. The minimum atomic E-state index is 0.424. The Morgan fingerprint density at radius 2 is 1.90 bits per heavy atom. The summed E-state index contributed by atoms with van der Waals surface area (Å²) < 4.78 is 10.5. The number of methoxy groups -OCH3 is 1. The van der Waals surface area contributed by atoms with Crippen molar-refractivity contribution in [2.24, 2.45) is 5.92 Å². The topological polar surface area (TPSA) is 68.3 Å². The van der Waals surface area contributed by atoms with Crippen molar-refractivity contribution in [3.8, 4) is 0 Å². The molecule has 0 amide bonds. The molecule has 114 valence electrons. The van der Waals surface area contributed by atoms with Crippen LogP contribution in [0.5, 0.6) is 0 Å². The van der Waals surface area contributed by atoms with Crippen molar-refractivity contribution in [3.05, 3.63) is 11.9 Å². The predicted octanol–water partition coefficient (Wildman–Crippen LogP) is 2.14. The lowest BCUT2D eigenvalue weighted by Gasteiger charge is -2.14. The first-order chi connectivity index (χ1) is 9.69. The zero-order valence-electron chi connectivity index (χ0n) is 12.9. The van der Waals surface area contributed by atoms with Crippen LogP contribution in [0.25, 0.3) is 0 Å². The van der Waals surface area contributed by atoms with E-state index in [-0.39, 0.29) is 0 Å². The molecule has 1 unspecified atom stereocenters. The normalized spacial score (nSPS) is 12.2.